The highest BCUT2D eigenvalue weighted by Gasteiger charge is 2.07. The lowest BCUT2D eigenvalue weighted by molar-refractivity contribution is 0.0593. The highest BCUT2D eigenvalue weighted by molar-refractivity contribution is 5.87. The van der Waals surface area contributed by atoms with Gasteiger partial charge in [0.05, 0.1) is 25.6 Å². The Labute approximate surface area is 113 Å². The van der Waals surface area contributed by atoms with E-state index in [0.29, 0.717) is 5.82 Å². The van der Waals surface area contributed by atoms with Gasteiger partial charge in [-0.15, -0.1) is 0 Å². The molecule has 0 bridgehead atoms. The number of hydrogen-bond acceptors (Lipinski definition) is 6. The fourth-order valence-electron chi connectivity index (χ4n) is 1.42. The summed E-state index contributed by atoms with van der Waals surface area (Å²) in [6.07, 6.45) is 5.19. The van der Waals surface area contributed by atoms with Gasteiger partial charge in [0.25, 0.3) is 0 Å². The molecule has 1 N–H and O–H groups in total. The van der Waals surface area contributed by atoms with Gasteiger partial charge < -0.3 is 14.8 Å². The summed E-state index contributed by atoms with van der Waals surface area (Å²) in [7, 11) is 1.32. The van der Waals surface area contributed by atoms with E-state index in [1.54, 1.807) is 6.20 Å². The molecule has 0 radical (unpaired) electrons. The van der Waals surface area contributed by atoms with Crippen LogP contribution in [0.3, 0.4) is 0 Å². The van der Waals surface area contributed by atoms with E-state index in [2.05, 4.69) is 20.0 Å². The van der Waals surface area contributed by atoms with Gasteiger partial charge in [0.2, 0.25) is 0 Å². The minimum Gasteiger partial charge on any atom is -0.464 e. The first-order chi connectivity index (χ1) is 9.13. The molecule has 0 atom stereocenters. The average Bonchev–Trinajstić information content (AvgIpc) is 2.41. The van der Waals surface area contributed by atoms with Crippen molar-refractivity contribution in [1.29, 1.82) is 0 Å². The van der Waals surface area contributed by atoms with Crippen LogP contribution in [0.2, 0.25) is 0 Å². The second-order valence-corrected chi connectivity index (χ2v) is 4.33. The molecular weight excluding hydrogens is 246 g/mol. The fourth-order valence-corrected chi connectivity index (χ4v) is 1.42. The van der Waals surface area contributed by atoms with E-state index in [4.69, 9.17) is 4.74 Å². The molecular formula is C13H21N3O3. The smallest absolute Gasteiger partial charge is 0.358 e. The van der Waals surface area contributed by atoms with E-state index in [9.17, 15) is 4.79 Å². The maximum absolute atomic E-state index is 11.3. The largest absolute Gasteiger partial charge is 0.464 e. The molecule has 6 heteroatoms. The molecule has 1 aromatic heterocycles. The van der Waals surface area contributed by atoms with Crippen molar-refractivity contribution in [3.8, 4) is 0 Å². The molecule has 0 saturated heterocycles. The molecule has 0 aliphatic carbocycles. The quantitative estimate of drug-likeness (QED) is 0.572. The van der Waals surface area contributed by atoms with Crippen molar-refractivity contribution < 1.29 is 14.3 Å². The van der Waals surface area contributed by atoms with Crippen molar-refractivity contribution in [3.05, 3.63) is 18.1 Å². The number of methoxy groups -OCH3 is 1. The van der Waals surface area contributed by atoms with Crippen LogP contribution < -0.4 is 5.32 Å². The van der Waals surface area contributed by atoms with Gasteiger partial charge in [-0.05, 0) is 26.7 Å². The number of aromatic nitrogens is 2. The number of esters is 1. The van der Waals surface area contributed by atoms with Crippen LogP contribution in [0.25, 0.3) is 0 Å². The molecule has 106 valence electrons. The third-order valence-electron chi connectivity index (χ3n) is 2.36. The maximum Gasteiger partial charge on any atom is 0.358 e. The summed E-state index contributed by atoms with van der Waals surface area (Å²) in [4.78, 5) is 19.3. The zero-order valence-electron chi connectivity index (χ0n) is 11.7. The zero-order valence-corrected chi connectivity index (χ0v) is 11.7. The summed E-state index contributed by atoms with van der Waals surface area (Å²) in [6.45, 7) is 5.56. The highest BCUT2D eigenvalue weighted by atomic mass is 16.5. The van der Waals surface area contributed by atoms with Crippen molar-refractivity contribution >= 4 is 11.8 Å². The monoisotopic (exact) mass is 267 g/mol. The molecule has 0 aliphatic heterocycles. The lowest BCUT2D eigenvalue weighted by Gasteiger charge is -2.08. The van der Waals surface area contributed by atoms with Crippen LogP contribution in [0.4, 0.5) is 5.82 Å². The molecule has 19 heavy (non-hydrogen) atoms. The summed E-state index contributed by atoms with van der Waals surface area (Å²) in [5, 5.41) is 3.12. The average molecular weight is 267 g/mol. The summed E-state index contributed by atoms with van der Waals surface area (Å²) in [6, 6.07) is 0. The first kappa shape index (κ1) is 15.4. The van der Waals surface area contributed by atoms with Crippen LogP contribution in [0.15, 0.2) is 12.4 Å². The lowest BCUT2D eigenvalue weighted by atomic mass is 10.3. The molecule has 0 fully saturated rings. The molecule has 0 spiro atoms. The third-order valence-corrected chi connectivity index (χ3v) is 2.36. The van der Waals surface area contributed by atoms with Gasteiger partial charge in [0, 0.05) is 13.2 Å². The van der Waals surface area contributed by atoms with Crippen molar-refractivity contribution in [1.82, 2.24) is 9.97 Å². The van der Waals surface area contributed by atoms with Crippen LogP contribution in [0.5, 0.6) is 0 Å². The number of unbranched alkanes of at least 4 members (excludes halogenated alkanes) is 1. The van der Waals surface area contributed by atoms with Gasteiger partial charge in [0.1, 0.15) is 5.82 Å². The van der Waals surface area contributed by atoms with E-state index < -0.39 is 5.97 Å². The van der Waals surface area contributed by atoms with Gasteiger partial charge in [-0.1, -0.05) is 0 Å². The molecule has 0 saturated carbocycles. The summed E-state index contributed by atoms with van der Waals surface area (Å²) >= 11 is 0. The maximum atomic E-state index is 11.3. The van der Waals surface area contributed by atoms with Crippen molar-refractivity contribution in [2.75, 3.05) is 25.6 Å². The SMILES string of the molecule is COC(=O)c1cncc(NCCCCOC(C)C)n1. The van der Waals surface area contributed by atoms with Gasteiger partial charge >= 0.3 is 5.97 Å². The Balaban J connectivity index is 2.27. The van der Waals surface area contributed by atoms with Crippen molar-refractivity contribution in [3.63, 3.8) is 0 Å². The number of nitrogens with zero attached hydrogens (tertiary/aromatic N) is 2. The number of rotatable bonds is 8. The fraction of sp³-hybridized carbons (Fsp3) is 0.615. The van der Waals surface area contributed by atoms with E-state index in [-0.39, 0.29) is 11.8 Å². The summed E-state index contributed by atoms with van der Waals surface area (Å²) < 4.78 is 10.0. The first-order valence-electron chi connectivity index (χ1n) is 6.39. The molecule has 0 aliphatic rings. The van der Waals surface area contributed by atoms with E-state index in [0.717, 1.165) is 26.0 Å². The topological polar surface area (TPSA) is 73.3 Å². The Hall–Kier alpha value is -1.69. The lowest BCUT2D eigenvalue weighted by Crippen LogP contribution is -2.10. The number of nitrogens with one attached hydrogen (secondary N) is 1. The van der Waals surface area contributed by atoms with Crippen molar-refractivity contribution in [2.24, 2.45) is 0 Å². The molecule has 1 heterocycles. The Kier molecular flexibility index (Phi) is 6.81. The van der Waals surface area contributed by atoms with Gasteiger partial charge in [-0.2, -0.15) is 0 Å². The van der Waals surface area contributed by atoms with Crippen molar-refractivity contribution in [2.45, 2.75) is 32.8 Å². The zero-order chi connectivity index (χ0) is 14.1. The molecule has 1 rings (SSSR count). The second-order valence-electron chi connectivity index (χ2n) is 4.33. The number of carbonyl (C=O) groups excluding carboxylic acids is 1. The van der Waals surface area contributed by atoms with Crippen LogP contribution in [0.1, 0.15) is 37.2 Å². The van der Waals surface area contributed by atoms with Gasteiger partial charge in [-0.3, -0.25) is 4.98 Å². The van der Waals surface area contributed by atoms with E-state index in [1.807, 2.05) is 13.8 Å². The molecule has 0 amide bonds. The number of carbonyl (C=O) groups is 1. The number of ether oxygens (including phenoxy) is 2. The Bertz CT molecular complexity index is 396. The van der Waals surface area contributed by atoms with Crippen LogP contribution in [-0.4, -0.2) is 42.3 Å². The Morgan fingerprint density at radius 2 is 2.16 bits per heavy atom. The Morgan fingerprint density at radius 3 is 2.84 bits per heavy atom. The predicted molar refractivity (Wildman–Crippen MR) is 72.2 cm³/mol. The van der Waals surface area contributed by atoms with Gasteiger partial charge in [0.15, 0.2) is 5.69 Å². The molecule has 0 aromatic carbocycles. The highest BCUT2D eigenvalue weighted by Crippen LogP contribution is 2.04. The minimum absolute atomic E-state index is 0.204. The second kappa shape index (κ2) is 8.42. The van der Waals surface area contributed by atoms with E-state index in [1.165, 1.54) is 13.3 Å². The summed E-state index contributed by atoms with van der Waals surface area (Å²) in [5.41, 5.74) is 0.204. The molecule has 0 unspecified atom stereocenters. The van der Waals surface area contributed by atoms with Crippen LogP contribution >= 0.6 is 0 Å². The molecule has 1 aromatic rings. The number of anilines is 1. The summed E-state index contributed by atoms with van der Waals surface area (Å²) in [5.74, 6) is 0.0918. The minimum atomic E-state index is -0.485. The molecule has 6 nitrogen and oxygen atoms in total. The van der Waals surface area contributed by atoms with Crippen LogP contribution in [0, 0.1) is 0 Å². The van der Waals surface area contributed by atoms with E-state index >= 15 is 0 Å². The normalized spacial score (nSPS) is 10.5. The number of hydrogen-bond donors (Lipinski definition) is 1. The standard InChI is InChI=1S/C13H21N3O3/c1-10(2)19-7-5-4-6-15-12-9-14-8-11(16-12)13(17)18-3/h8-10H,4-7H2,1-3H3,(H,15,16). The third kappa shape index (κ3) is 6.15. The van der Waals surface area contributed by atoms with Crippen LogP contribution in [-0.2, 0) is 9.47 Å². The predicted octanol–water partition coefficient (Wildman–Crippen LogP) is 1.88. The van der Waals surface area contributed by atoms with Gasteiger partial charge in [-0.25, -0.2) is 9.78 Å². The first-order valence-corrected chi connectivity index (χ1v) is 6.39. The Morgan fingerprint density at radius 1 is 1.37 bits per heavy atom.